The molecule has 0 amide bonds. The standard InChI is InChI=1S/C13H20O2/c1-5-10(2)7-6-8-11(3)9-12(4)13(14)15/h5,8H,4,6-7,9H2,1-3H3,(H,14,15)/p-1/b10-5+,11-8+. The fourth-order valence-electron chi connectivity index (χ4n) is 1.17. The van der Waals surface area contributed by atoms with Crippen molar-refractivity contribution in [1.29, 1.82) is 0 Å². The normalized spacial score (nSPS) is 12.7. The highest BCUT2D eigenvalue weighted by Gasteiger charge is 1.96. The van der Waals surface area contributed by atoms with Crippen molar-refractivity contribution in [2.24, 2.45) is 0 Å². The summed E-state index contributed by atoms with van der Waals surface area (Å²) in [5, 5.41) is 10.4. The average Bonchev–Trinajstić information content (AvgIpc) is 2.17. The van der Waals surface area contributed by atoms with Gasteiger partial charge in [-0.05, 0) is 45.6 Å². The van der Waals surface area contributed by atoms with E-state index in [0.29, 0.717) is 6.42 Å². The molecule has 0 aromatic heterocycles. The van der Waals surface area contributed by atoms with E-state index in [4.69, 9.17) is 0 Å². The molecule has 2 nitrogen and oxygen atoms in total. The maximum Gasteiger partial charge on any atom is 0.0672 e. The van der Waals surface area contributed by atoms with Gasteiger partial charge >= 0.3 is 0 Å². The minimum Gasteiger partial charge on any atom is -0.545 e. The summed E-state index contributed by atoms with van der Waals surface area (Å²) >= 11 is 0. The second-order valence-corrected chi connectivity index (χ2v) is 3.79. The van der Waals surface area contributed by atoms with Gasteiger partial charge in [0, 0.05) is 0 Å². The lowest BCUT2D eigenvalue weighted by Crippen LogP contribution is -2.23. The molecule has 0 bridgehead atoms. The quantitative estimate of drug-likeness (QED) is 0.495. The Labute approximate surface area is 92.0 Å². The van der Waals surface area contributed by atoms with Gasteiger partial charge in [-0.25, -0.2) is 0 Å². The molecule has 15 heavy (non-hydrogen) atoms. The van der Waals surface area contributed by atoms with Gasteiger partial charge in [-0.1, -0.05) is 29.9 Å². The number of rotatable bonds is 6. The molecule has 2 heteroatoms. The molecule has 0 unspecified atom stereocenters. The van der Waals surface area contributed by atoms with Crippen LogP contribution >= 0.6 is 0 Å². The molecule has 0 aliphatic carbocycles. The van der Waals surface area contributed by atoms with Crippen LogP contribution in [0.2, 0.25) is 0 Å². The highest BCUT2D eigenvalue weighted by Crippen LogP contribution is 2.11. The SMILES string of the molecule is C=C(C/C(C)=C/CC/C(C)=C/C)C(=O)[O-]. The molecule has 0 spiro atoms. The van der Waals surface area contributed by atoms with Crippen LogP contribution in [0.5, 0.6) is 0 Å². The van der Waals surface area contributed by atoms with Gasteiger partial charge in [0.15, 0.2) is 0 Å². The monoisotopic (exact) mass is 207 g/mol. The predicted octanol–water partition coefficient (Wildman–Crippen LogP) is 2.38. The van der Waals surface area contributed by atoms with E-state index in [2.05, 4.69) is 25.7 Å². The highest BCUT2D eigenvalue weighted by molar-refractivity contribution is 5.84. The Morgan fingerprint density at radius 1 is 1.33 bits per heavy atom. The Balaban J connectivity index is 4.00. The second-order valence-electron chi connectivity index (χ2n) is 3.79. The number of allylic oxidation sites excluding steroid dienone is 4. The molecule has 0 rings (SSSR count). The predicted molar refractivity (Wildman–Crippen MR) is 61.2 cm³/mol. The first-order valence-corrected chi connectivity index (χ1v) is 5.14. The maximum absolute atomic E-state index is 10.4. The first kappa shape index (κ1) is 13.7. The van der Waals surface area contributed by atoms with Crippen molar-refractivity contribution in [3.63, 3.8) is 0 Å². The fourth-order valence-corrected chi connectivity index (χ4v) is 1.17. The van der Waals surface area contributed by atoms with E-state index >= 15 is 0 Å². The number of hydrogen-bond acceptors (Lipinski definition) is 2. The van der Waals surface area contributed by atoms with Gasteiger partial charge in [-0.2, -0.15) is 0 Å². The first-order valence-electron chi connectivity index (χ1n) is 5.14. The Morgan fingerprint density at radius 3 is 2.40 bits per heavy atom. The summed E-state index contributed by atoms with van der Waals surface area (Å²) in [4.78, 5) is 10.4. The molecule has 0 aliphatic heterocycles. The third kappa shape index (κ3) is 6.72. The van der Waals surface area contributed by atoms with E-state index in [0.717, 1.165) is 18.4 Å². The Hall–Kier alpha value is -1.31. The number of carbonyl (C=O) groups is 1. The van der Waals surface area contributed by atoms with Crippen LogP contribution in [0.1, 0.15) is 40.0 Å². The third-order valence-electron chi connectivity index (χ3n) is 2.31. The van der Waals surface area contributed by atoms with Crippen molar-refractivity contribution in [2.45, 2.75) is 40.0 Å². The highest BCUT2D eigenvalue weighted by atomic mass is 16.4. The third-order valence-corrected chi connectivity index (χ3v) is 2.31. The lowest BCUT2D eigenvalue weighted by molar-refractivity contribution is -0.299. The summed E-state index contributed by atoms with van der Waals surface area (Å²) in [5.74, 6) is -1.16. The van der Waals surface area contributed by atoms with Crippen molar-refractivity contribution in [1.82, 2.24) is 0 Å². The van der Waals surface area contributed by atoms with Crippen LogP contribution in [-0.4, -0.2) is 5.97 Å². The summed E-state index contributed by atoms with van der Waals surface area (Å²) < 4.78 is 0. The molecule has 0 fully saturated rings. The minimum atomic E-state index is -1.16. The van der Waals surface area contributed by atoms with Crippen LogP contribution < -0.4 is 5.11 Å². The number of carboxylic acids is 1. The van der Waals surface area contributed by atoms with Crippen molar-refractivity contribution in [3.8, 4) is 0 Å². The number of hydrogen-bond donors (Lipinski definition) is 0. The topological polar surface area (TPSA) is 40.1 Å². The maximum atomic E-state index is 10.4. The number of aliphatic carboxylic acids is 1. The molecular weight excluding hydrogens is 188 g/mol. The zero-order valence-corrected chi connectivity index (χ0v) is 9.80. The zero-order chi connectivity index (χ0) is 11.8. The van der Waals surface area contributed by atoms with Crippen molar-refractivity contribution in [2.75, 3.05) is 0 Å². The Bertz CT molecular complexity index is 296. The van der Waals surface area contributed by atoms with E-state index in [9.17, 15) is 9.90 Å². The summed E-state index contributed by atoms with van der Waals surface area (Å²) in [5.41, 5.74) is 2.53. The van der Waals surface area contributed by atoms with Crippen LogP contribution in [0.3, 0.4) is 0 Å². The van der Waals surface area contributed by atoms with Gasteiger partial charge < -0.3 is 9.90 Å². The van der Waals surface area contributed by atoms with Gasteiger partial charge in [-0.3, -0.25) is 0 Å². The molecule has 0 atom stereocenters. The van der Waals surface area contributed by atoms with E-state index in [1.54, 1.807) is 0 Å². The second kappa shape index (κ2) is 7.04. The fraction of sp³-hybridized carbons (Fsp3) is 0.462. The molecule has 0 saturated carbocycles. The van der Waals surface area contributed by atoms with Gasteiger partial charge in [-0.15, -0.1) is 0 Å². The molecule has 0 aliphatic rings. The smallest absolute Gasteiger partial charge is 0.0672 e. The van der Waals surface area contributed by atoms with Crippen LogP contribution in [0, 0.1) is 0 Å². The molecule has 84 valence electrons. The van der Waals surface area contributed by atoms with Crippen LogP contribution in [-0.2, 0) is 4.79 Å². The molecule has 0 saturated heterocycles. The lowest BCUT2D eigenvalue weighted by Gasteiger charge is -2.06. The summed E-state index contributed by atoms with van der Waals surface area (Å²) in [6.07, 6.45) is 6.51. The van der Waals surface area contributed by atoms with E-state index in [1.807, 2.05) is 13.8 Å². The van der Waals surface area contributed by atoms with E-state index in [1.165, 1.54) is 5.57 Å². The number of carboxylic acid groups (broad SMARTS) is 1. The Kier molecular flexibility index (Phi) is 6.43. The first-order chi connectivity index (χ1) is 6.97. The zero-order valence-electron chi connectivity index (χ0n) is 9.80. The van der Waals surface area contributed by atoms with E-state index in [-0.39, 0.29) is 5.57 Å². The van der Waals surface area contributed by atoms with Crippen LogP contribution in [0.25, 0.3) is 0 Å². The molecule has 0 aromatic rings. The van der Waals surface area contributed by atoms with Crippen molar-refractivity contribution in [3.05, 3.63) is 35.5 Å². The molecule has 0 aromatic carbocycles. The van der Waals surface area contributed by atoms with Gasteiger partial charge in [0.05, 0.1) is 5.97 Å². The number of carbonyl (C=O) groups excluding carboxylic acids is 1. The molecule has 0 radical (unpaired) electrons. The molecule has 0 heterocycles. The van der Waals surface area contributed by atoms with Gasteiger partial charge in [0.2, 0.25) is 0 Å². The minimum absolute atomic E-state index is 0.145. The van der Waals surface area contributed by atoms with Gasteiger partial charge in [0.25, 0.3) is 0 Å². The van der Waals surface area contributed by atoms with Gasteiger partial charge in [0.1, 0.15) is 0 Å². The Morgan fingerprint density at radius 2 is 1.93 bits per heavy atom. The molecule has 0 N–H and O–H groups in total. The van der Waals surface area contributed by atoms with E-state index < -0.39 is 5.97 Å². The summed E-state index contributed by atoms with van der Waals surface area (Å²) in [6, 6.07) is 0. The summed E-state index contributed by atoms with van der Waals surface area (Å²) in [6.45, 7) is 9.46. The van der Waals surface area contributed by atoms with Crippen molar-refractivity contribution >= 4 is 5.97 Å². The lowest BCUT2D eigenvalue weighted by atomic mass is 10.1. The largest absolute Gasteiger partial charge is 0.545 e. The molecular formula is C13H19O2-. The summed E-state index contributed by atoms with van der Waals surface area (Å²) in [7, 11) is 0. The van der Waals surface area contributed by atoms with Crippen molar-refractivity contribution < 1.29 is 9.90 Å². The van der Waals surface area contributed by atoms with Crippen LogP contribution in [0.4, 0.5) is 0 Å². The van der Waals surface area contributed by atoms with Crippen LogP contribution in [0.15, 0.2) is 35.5 Å². The average molecular weight is 207 g/mol.